The van der Waals surface area contributed by atoms with Crippen LogP contribution in [0.5, 0.6) is 0 Å². The van der Waals surface area contributed by atoms with Gasteiger partial charge in [-0.2, -0.15) is 0 Å². The highest BCUT2D eigenvalue weighted by molar-refractivity contribution is 5.46. The van der Waals surface area contributed by atoms with Gasteiger partial charge in [-0.15, -0.1) is 0 Å². The molecule has 2 aromatic rings. The summed E-state index contributed by atoms with van der Waals surface area (Å²) < 4.78 is 0. The average Bonchev–Trinajstić information content (AvgIpc) is 2.94. The van der Waals surface area contributed by atoms with E-state index in [1.165, 1.54) is 69.4 Å². The fraction of sp³-hybridized carbons (Fsp3) is 0.607. The van der Waals surface area contributed by atoms with E-state index >= 15 is 0 Å². The Morgan fingerprint density at radius 1 is 0.839 bits per heavy atom. The number of benzene rings is 1. The highest BCUT2D eigenvalue weighted by atomic mass is 15.2. The number of fused-ring (bicyclic) bond motifs is 1. The van der Waals surface area contributed by atoms with Crippen LogP contribution in [0.4, 0.5) is 5.69 Å². The van der Waals surface area contributed by atoms with Gasteiger partial charge in [0.25, 0.3) is 0 Å². The van der Waals surface area contributed by atoms with Crippen molar-refractivity contribution < 1.29 is 0 Å². The number of rotatable bonds is 3. The van der Waals surface area contributed by atoms with Gasteiger partial charge < -0.3 is 4.90 Å². The number of hydrogen-bond acceptors (Lipinski definition) is 3. The lowest BCUT2D eigenvalue weighted by Gasteiger charge is -2.36. The van der Waals surface area contributed by atoms with Crippen LogP contribution in [-0.4, -0.2) is 42.1 Å². The summed E-state index contributed by atoms with van der Waals surface area (Å²) in [5, 5.41) is 0. The third-order valence-corrected chi connectivity index (χ3v) is 8.01. The van der Waals surface area contributed by atoms with E-state index in [2.05, 4.69) is 67.1 Å². The highest BCUT2D eigenvalue weighted by Crippen LogP contribution is 2.33. The van der Waals surface area contributed by atoms with Gasteiger partial charge >= 0.3 is 0 Å². The van der Waals surface area contributed by atoms with Gasteiger partial charge in [-0.25, -0.2) is 0 Å². The third-order valence-electron chi connectivity index (χ3n) is 8.01. The van der Waals surface area contributed by atoms with Crippen molar-refractivity contribution in [1.82, 2.24) is 9.88 Å². The minimum absolute atomic E-state index is 0.117. The van der Waals surface area contributed by atoms with Gasteiger partial charge in [-0.3, -0.25) is 9.88 Å². The summed E-state index contributed by atoms with van der Waals surface area (Å²) in [5.74, 6) is 0.703. The maximum absolute atomic E-state index is 4.74. The number of piperidine rings is 1. The fourth-order valence-corrected chi connectivity index (χ4v) is 5.62. The highest BCUT2D eigenvalue weighted by Gasteiger charge is 2.27. The number of aromatic nitrogens is 1. The lowest BCUT2D eigenvalue weighted by Crippen LogP contribution is -2.41. The number of nitrogens with zero attached hydrogens (tertiary/aromatic N) is 3. The molecule has 166 valence electrons. The van der Waals surface area contributed by atoms with Gasteiger partial charge in [0.1, 0.15) is 0 Å². The summed E-state index contributed by atoms with van der Waals surface area (Å²) in [4.78, 5) is 10.0. The second-order valence-corrected chi connectivity index (χ2v) is 11.1. The van der Waals surface area contributed by atoms with Crippen molar-refractivity contribution in [2.45, 2.75) is 83.1 Å². The zero-order valence-electron chi connectivity index (χ0n) is 19.7. The topological polar surface area (TPSA) is 19.4 Å². The molecule has 0 N–H and O–H groups in total. The van der Waals surface area contributed by atoms with Crippen LogP contribution < -0.4 is 4.90 Å². The SMILES string of the molecule is CC(C)(C)c1ccc(N2CCC(c3ccc4c(c3)CCN(C3CCC3)CC4)CC2)cn1. The van der Waals surface area contributed by atoms with Crippen molar-refractivity contribution in [3.05, 3.63) is 58.9 Å². The lowest BCUT2D eigenvalue weighted by atomic mass is 9.86. The first-order valence-electron chi connectivity index (χ1n) is 12.5. The van der Waals surface area contributed by atoms with Gasteiger partial charge in [-0.1, -0.05) is 45.4 Å². The Labute approximate surface area is 188 Å². The Morgan fingerprint density at radius 3 is 2.19 bits per heavy atom. The number of pyridine rings is 1. The molecule has 3 aliphatic rings. The van der Waals surface area contributed by atoms with Crippen LogP contribution in [0.25, 0.3) is 0 Å². The second kappa shape index (κ2) is 8.58. The van der Waals surface area contributed by atoms with Crippen molar-refractivity contribution in [2.75, 3.05) is 31.1 Å². The van der Waals surface area contributed by atoms with E-state index in [-0.39, 0.29) is 5.41 Å². The molecule has 2 aliphatic heterocycles. The van der Waals surface area contributed by atoms with Crippen molar-refractivity contribution in [3.63, 3.8) is 0 Å². The molecule has 0 spiro atoms. The van der Waals surface area contributed by atoms with Crippen LogP contribution in [0.15, 0.2) is 36.5 Å². The Bertz CT molecular complexity index is 883. The zero-order chi connectivity index (χ0) is 21.4. The van der Waals surface area contributed by atoms with E-state index in [0.717, 1.165) is 19.1 Å². The molecule has 1 aromatic carbocycles. The molecule has 0 atom stereocenters. The fourth-order valence-electron chi connectivity index (χ4n) is 5.62. The van der Waals surface area contributed by atoms with E-state index in [9.17, 15) is 0 Å². The predicted octanol–water partition coefficient (Wildman–Crippen LogP) is 5.72. The van der Waals surface area contributed by atoms with Crippen molar-refractivity contribution in [3.8, 4) is 0 Å². The van der Waals surface area contributed by atoms with Crippen molar-refractivity contribution in [1.29, 1.82) is 0 Å². The average molecular weight is 418 g/mol. The first kappa shape index (κ1) is 21.0. The minimum Gasteiger partial charge on any atom is -0.370 e. The van der Waals surface area contributed by atoms with Gasteiger partial charge in [-0.05, 0) is 73.3 Å². The first-order valence-corrected chi connectivity index (χ1v) is 12.5. The molecule has 3 heterocycles. The summed E-state index contributed by atoms with van der Waals surface area (Å²) in [6.07, 6.45) is 11.3. The van der Waals surface area contributed by atoms with Gasteiger partial charge in [0.2, 0.25) is 0 Å². The molecule has 0 bridgehead atoms. The normalized spacial score (nSPS) is 21.5. The molecule has 0 radical (unpaired) electrons. The van der Waals surface area contributed by atoms with Crippen LogP contribution in [0, 0.1) is 0 Å². The molecule has 1 aliphatic carbocycles. The molecular weight excluding hydrogens is 378 g/mol. The van der Waals surface area contributed by atoms with Gasteiger partial charge in [0.05, 0.1) is 11.9 Å². The van der Waals surface area contributed by atoms with E-state index < -0.39 is 0 Å². The Morgan fingerprint density at radius 2 is 1.58 bits per heavy atom. The standard InChI is InChI=1S/C28H39N3/c1-28(2,3)27-10-9-26(20-29-27)31-16-12-22(13-17-31)23-8-7-21-11-15-30(25-5-4-6-25)18-14-24(21)19-23/h7-10,19-20,22,25H,4-6,11-18H2,1-3H3. The smallest absolute Gasteiger partial charge is 0.0552 e. The van der Waals surface area contributed by atoms with E-state index in [4.69, 9.17) is 4.98 Å². The maximum atomic E-state index is 4.74. The van der Waals surface area contributed by atoms with Crippen molar-refractivity contribution >= 4 is 5.69 Å². The summed E-state index contributed by atoms with van der Waals surface area (Å²) >= 11 is 0. The number of hydrogen-bond donors (Lipinski definition) is 0. The summed E-state index contributed by atoms with van der Waals surface area (Å²) in [6.45, 7) is 11.5. The second-order valence-electron chi connectivity index (χ2n) is 11.1. The van der Waals surface area contributed by atoms with Crippen LogP contribution in [-0.2, 0) is 18.3 Å². The monoisotopic (exact) mass is 417 g/mol. The molecule has 5 rings (SSSR count). The summed E-state index contributed by atoms with van der Waals surface area (Å²) in [7, 11) is 0. The quantitative estimate of drug-likeness (QED) is 0.637. The van der Waals surface area contributed by atoms with Gasteiger partial charge in [0.15, 0.2) is 0 Å². The summed E-state index contributed by atoms with van der Waals surface area (Å²) in [6, 6.07) is 12.8. The molecule has 2 fully saturated rings. The van der Waals surface area contributed by atoms with Gasteiger partial charge in [0, 0.05) is 43.3 Å². The maximum Gasteiger partial charge on any atom is 0.0552 e. The molecular formula is C28H39N3. The van der Waals surface area contributed by atoms with E-state index in [1.54, 1.807) is 16.7 Å². The largest absolute Gasteiger partial charge is 0.370 e. The predicted molar refractivity (Wildman–Crippen MR) is 130 cm³/mol. The van der Waals surface area contributed by atoms with Crippen LogP contribution in [0.1, 0.15) is 81.2 Å². The molecule has 3 nitrogen and oxygen atoms in total. The van der Waals surface area contributed by atoms with E-state index in [0.29, 0.717) is 5.92 Å². The van der Waals surface area contributed by atoms with Crippen LogP contribution in [0.2, 0.25) is 0 Å². The first-order chi connectivity index (χ1) is 15.0. The van der Waals surface area contributed by atoms with Crippen LogP contribution >= 0.6 is 0 Å². The Hall–Kier alpha value is -1.87. The molecule has 1 saturated carbocycles. The third kappa shape index (κ3) is 4.53. The molecule has 0 amide bonds. The van der Waals surface area contributed by atoms with E-state index in [1.807, 2.05) is 0 Å². The van der Waals surface area contributed by atoms with Crippen LogP contribution in [0.3, 0.4) is 0 Å². The molecule has 0 unspecified atom stereocenters. The molecule has 31 heavy (non-hydrogen) atoms. The number of anilines is 1. The van der Waals surface area contributed by atoms with Crippen molar-refractivity contribution in [2.24, 2.45) is 0 Å². The minimum atomic E-state index is 0.117. The lowest BCUT2D eigenvalue weighted by molar-refractivity contribution is 0.133. The Kier molecular flexibility index (Phi) is 5.81. The molecule has 3 heteroatoms. The summed E-state index contributed by atoms with van der Waals surface area (Å²) in [5.41, 5.74) is 7.39. The zero-order valence-corrected chi connectivity index (χ0v) is 19.7. The Balaban J connectivity index is 1.21. The molecule has 1 saturated heterocycles. The molecule has 1 aromatic heterocycles.